The smallest absolute Gasteiger partial charge is 0.240 e. The lowest BCUT2D eigenvalue weighted by Gasteiger charge is -2.21. The Morgan fingerprint density at radius 3 is 2.72 bits per heavy atom. The van der Waals surface area contributed by atoms with Crippen LogP contribution in [0.15, 0.2) is 23.1 Å². The van der Waals surface area contributed by atoms with Crippen LogP contribution in [-0.4, -0.2) is 28.6 Å². The molecular formula is C12H19N3O2S. The molecule has 1 aliphatic rings. The van der Waals surface area contributed by atoms with Crippen LogP contribution in [0.25, 0.3) is 0 Å². The van der Waals surface area contributed by atoms with E-state index in [-0.39, 0.29) is 4.90 Å². The van der Waals surface area contributed by atoms with E-state index in [0.29, 0.717) is 11.6 Å². The monoisotopic (exact) mass is 269 g/mol. The molecule has 6 heteroatoms. The van der Waals surface area contributed by atoms with E-state index in [4.69, 9.17) is 5.73 Å². The van der Waals surface area contributed by atoms with Gasteiger partial charge in [0.1, 0.15) is 0 Å². The van der Waals surface area contributed by atoms with E-state index in [1.54, 1.807) is 12.1 Å². The standard InChI is InChI=1S/C12H19N3O2S/c1-9-5-6-15(8-9)12-7-10(3-4-11(12)13)18(16,17)14-2/h3-4,7,9,14H,5-6,8,13H2,1-2H3. The van der Waals surface area contributed by atoms with Gasteiger partial charge in [0.05, 0.1) is 16.3 Å². The summed E-state index contributed by atoms with van der Waals surface area (Å²) in [5.41, 5.74) is 7.38. The fraction of sp³-hybridized carbons (Fsp3) is 0.500. The number of benzene rings is 1. The van der Waals surface area contributed by atoms with Crippen LogP contribution >= 0.6 is 0 Å². The summed E-state index contributed by atoms with van der Waals surface area (Å²) in [4.78, 5) is 2.41. The number of nitrogens with one attached hydrogen (secondary N) is 1. The van der Waals surface area contributed by atoms with Crippen molar-refractivity contribution in [2.45, 2.75) is 18.2 Å². The minimum atomic E-state index is -3.41. The van der Waals surface area contributed by atoms with Crippen molar-refractivity contribution in [2.75, 3.05) is 30.8 Å². The van der Waals surface area contributed by atoms with Gasteiger partial charge in [-0.3, -0.25) is 0 Å². The first-order valence-electron chi connectivity index (χ1n) is 6.02. The van der Waals surface area contributed by atoms with Crippen LogP contribution in [0.2, 0.25) is 0 Å². The van der Waals surface area contributed by atoms with Crippen LogP contribution in [0.3, 0.4) is 0 Å². The minimum absolute atomic E-state index is 0.258. The molecule has 2 rings (SSSR count). The normalized spacial score (nSPS) is 20.3. The highest BCUT2D eigenvalue weighted by atomic mass is 32.2. The molecule has 0 saturated carbocycles. The van der Waals surface area contributed by atoms with Crippen LogP contribution < -0.4 is 15.4 Å². The second kappa shape index (κ2) is 4.78. The van der Waals surface area contributed by atoms with Crippen LogP contribution in [0, 0.1) is 5.92 Å². The van der Waals surface area contributed by atoms with E-state index < -0.39 is 10.0 Å². The summed E-state index contributed by atoms with van der Waals surface area (Å²) in [6.45, 7) is 4.03. The number of rotatable bonds is 3. The number of hydrogen-bond acceptors (Lipinski definition) is 4. The average Bonchev–Trinajstić information content (AvgIpc) is 2.76. The van der Waals surface area contributed by atoms with Crippen LogP contribution in [-0.2, 0) is 10.0 Å². The summed E-state index contributed by atoms with van der Waals surface area (Å²) >= 11 is 0. The van der Waals surface area contributed by atoms with Gasteiger partial charge in [-0.05, 0) is 37.6 Å². The molecule has 5 nitrogen and oxygen atoms in total. The first-order valence-corrected chi connectivity index (χ1v) is 7.50. The molecule has 1 aromatic carbocycles. The van der Waals surface area contributed by atoms with Crippen molar-refractivity contribution in [3.63, 3.8) is 0 Å². The minimum Gasteiger partial charge on any atom is -0.397 e. The highest BCUT2D eigenvalue weighted by molar-refractivity contribution is 7.89. The van der Waals surface area contributed by atoms with E-state index in [2.05, 4.69) is 16.5 Å². The Balaban J connectivity index is 2.39. The number of nitrogen functional groups attached to an aromatic ring is 1. The Labute approximate surface area is 108 Å². The van der Waals surface area contributed by atoms with Gasteiger partial charge in [0.25, 0.3) is 0 Å². The number of nitrogens with zero attached hydrogens (tertiary/aromatic N) is 1. The number of hydrogen-bond donors (Lipinski definition) is 2. The highest BCUT2D eigenvalue weighted by Gasteiger charge is 2.22. The quantitative estimate of drug-likeness (QED) is 0.803. The van der Waals surface area contributed by atoms with Gasteiger partial charge in [-0.2, -0.15) is 0 Å². The molecule has 0 bridgehead atoms. The van der Waals surface area contributed by atoms with Crippen LogP contribution in [0.1, 0.15) is 13.3 Å². The molecule has 1 aliphatic heterocycles. The van der Waals surface area contributed by atoms with Crippen LogP contribution in [0.5, 0.6) is 0 Å². The summed E-state index contributed by atoms with van der Waals surface area (Å²) in [5, 5.41) is 0. The van der Waals surface area contributed by atoms with Crippen molar-refractivity contribution in [1.82, 2.24) is 4.72 Å². The zero-order chi connectivity index (χ0) is 13.3. The highest BCUT2D eigenvalue weighted by Crippen LogP contribution is 2.30. The van der Waals surface area contributed by atoms with Crippen molar-refractivity contribution in [1.29, 1.82) is 0 Å². The summed E-state index contributed by atoms with van der Waals surface area (Å²) in [6, 6.07) is 4.84. The maximum absolute atomic E-state index is 11.8. The third-order valence-electron chi connectivity index (χ3n) is 3.35. The van der Waals surface area contributed by atoms with Gasteiger partial charge in [-0.15, -0.1) is 0 Å². The molecule has 0 aliphatic carbocycles. The first-order chi connectivity index (χ1) is 8.44. The lowest BCUT2D eigenvalue weighted by Crippen LogP contribution is -2.22. The predicted octanol–water partition coefficient (Wildman–Crippen LogP) is 1.02. The molecule has 1 atom stereocenters. The summed E-state index contributed by atoms with van der Waals surface area (Å²) < 4.78 is 25.9. The molecule has 0 amide bonds. The molecule has 18 heavy (non-hydrogen) atoms. The van der Waals surface area contributed by atoms with Gasteiger partial charge < -0.3 is 10.6 Å². The van der Waals surface area contributed by atoms with Gasteiger partial charge in [-0.1, -0.05) is 6.92 Å². The Bertz CT molecular complexity index is 542. The van der Waals surface area contributed by atoms with Crippen molar-refractivity contribution < 1.29 is 8.42 Å². The molecule has 100 valence electrons. The summed E-state index contributed by atoms with van der Waals surface area (Å²) in [7, 11) is -2.01. The van der Waals surface area contributed by atoms with Crippen molar-refractivity contribution >= 4 is 21.4 Å². The van der Waals surface area contributed by atoms with Gasteiger partial charge in [0.15, 0.2) is 0 Å². The van der Waals surface area contributed by atoms with Gasteiger partial charge in [-0.25, -0.2) is 13.1 Å². The third-order valence-corrected chi connectivity index (χ3v) is 4.76. The SMILES string of the molecule is CNS(=O)(=O)c1ccc(N)c(N2CCC(C)C2)c1. The Morgan fingerprint density at radius 2 is 2.17 bits per heavy atom. The molecule has 1 fully saturated rings. The van der Waals surface area contributed by atoms with E-state index in [0.717, 1.165) is 25.2 Å². The topological polar surface area (TPSA) is 75.4 Å². The largest absolute Gasteiger partial charge is 0.397 e. The Kier molecular flexibility index (Phi) is 3.49. The molecular weight excluding hydrogens is 250 g/mol. The number of nitrogens with two attached hydrogens (primary N) is 1. The fourth-order valence-corrected chi connectivity index (χ4v) is 2.99. The van der Waals surface area contributed by atoms with Crippen molar-refractivity contribution in [3.05, 3.63) is 18.2 Å². The zero-order valence-corrected chi connectivity index (χ0v) is 11.5. The predicted molar refractivity (Wildman–Crippen MR) is 73.1 cm³/mol. The fourth-order valence-electron chi connectivity index (χ4n) is 2.24. The molecule has 1 aromatic rings. The molecule has 1 heterocycles. The van der Waals surface area contributed by atoms with Gasteiger partial charge >= 0.3 is 0 Å². The maximum Gasteiger partial charge on any atom is 0.240 e. The van der Waals surface area contributed by atoms with E-state index >= 15 is 0 Å². The lowest BCUT2D eigenvalue weighted by molar-refractivity contribution is 0.588. The second-order valence-electron chi connectivity index (χ2n) is 4.77. The van der Waals surface area contributed by atoms with Crippen molar-refractivity contribution in [2.24, 2.45) is 5.92 Å². The maximum atomic E-state index is 11.8. The molecule has 1 unspecified atom stereocenters. The number of sulfonamides is 1. The number of anilines is 2. The zero-order valence-electron chi connectivity index (χ0n) is 10.7. The third kappa shape index (κ3) is 2.44. The van der Waals surface area contributed by atoms with E-state index in [9.17, 15) is 8.42 Å². The first kappa shape index (κ1) is 13.2. The lowest BCUT2D eigenvalue weighted by atomic mass is 10.2. The molecule has 0 radical (unpaired) electrons. The summed E-state index contributed by atoms with van der Waals surface area (Å²) in [5.74, 6) is 0.619. The molecule has 1 saturated heterocycles. The summed E-state index contributed by atoms with van der Waals surface area (Å²) in [6.07, 6.45) is 1.11. The van der Waals surface area contributed by atoms with E-state index in [1.807, 2.05) is 0 Å². The molecule has 0 spiro atoms. The molecule has 0 aromatic heterocycles. The van der Waals surface area contributed by atoms with Crippen LogP contribution in [0.4, 0.5) is 11.4 Å². The molecule has 3 N–H and O–H groups in total. The Morgan fingerprint density at radius 1 is 1.44 bits per heavy atom. The van der Waals surface area contributed by atoms with Gasteiger partial charge in [0, 0.05) is 13.1 Å². The Hall–Kier alpha value is -1.27. The van der Waals surface area contributed by atoms with Gasteiger partial charge in [0.2, 0.25) is 10.0 Å². The van der Waals surface area contributed by atoms with Crippen molar-refractivity contribution in [3.8, 4) is 0 Å². The average molecular weight is 269 g/mol. The second-order valence-corrected chi connectivity index (χ2v) is 6.65. The van der Waals surface area contributed by atoms with E-state index in [1.165, 1.54) is 13.1 Å².